The molecule has 0 saturated heterocycles. The minimum absolute atomic E-state index is 0. The van der Waals surface area contributed by atoms with E-state index in [0.29, 0.717) is 26.4 Å². The van der Waals surface area contributed by atoms with Crippen molar-refractivity contribution in [2.75, 3.05) is 26.4 Å². The van der Waals surface area contributed by atoms with Crippen molar-refractivity contribution in [1.82, 2.24) is 0 Å². The van der Waals surface area contributed by atoms with Gasteiger partial charge in [-0.05, 0) is 0 Å². The maximum absolute atomic E-state index is 6.24. The molecule has 0 radical (unpaired) electrons. The molecule has 0 aliphatic heterocycles. The van der Waals surface area contributed by atoms with Crippen LogP contribution in [0.1, 0.15) is 12.8 Å². The minimum atomic E-state index is -3.36. The molecule has 0 bridgehead atoms. The standard InChI is InChI=1S/2C10H17O2Si.2CH3.2ClH.H2Si.Zr/c2*1-13(2,3)12-9-8-11-10-6-4-5-7-10;;;;;;/h2*4,6H,5,8-9H2,1-3H3;2*1H3;2*1H;1H2;. The molecule has 2 aliphatic carbocycles. The SMILES string of the molecule is C[Si](C)(C)OCCOC1=[C]([Zr]([CH3])([CH3])(=[SiH2])[C]2=C(OCCO[Si](C)(C)C)C=CC2)CC=C1.Cl.Cl. The zero-order chi connectivity index (χ0) is 22.7. The van der Waals surface area contributed by atoms with Crippen molar-refractivity contribution in [3.05, 3.63) is 42.4 Å². The largest absolute Gasteiger partial charge is 0.147 e. The Bertz CT molecular complexity index is 769. The van der Waals surface area contributed by atoms with E-state index in [4.69, 9.17) is 18.3 Å². The molecule has 186 valence electrons. The van der Waals surface area contributed by atoms with E-state index < -0.39 is 34.0 Å². The van der Waals surface area contributed by atoms with Crippen LogP contribution in [-0.2, 0) is 35.7 Å². The van der Waals surface area contributed by atoms with Crippen molar-refractivity contribution in [3.8, 4) is 0 Å². The Labute approximate surface area is 212 Å². The van der Waals surface area contributed by atoms with Gasteiger partial charge in [0.1, 0.15) is 0 Å². The topological polar surface area (TPSA) is 36.9 Å². The first-order valence-corrected chi connectivity index (χ1v) is 31.2. The van der Waals surface area contributed by atoms with Crippen LogP contribution in [0.3, 0.4) is 0 Å². The molecule has 0 N–H and O–H groups in total. The molecule has 0 atom stereocenters. The first-order chi connectivity index (χ1) is 13.7. The van der Waals surface area contributed by atoms with E-state index in [9.17, 15) is 0 Å². The summed E-state index contributed by atoms with van der Waals surface area (Å²) in [7, 11) is -3.00. The molecule has 32 heavy (non-hydrogen) atoms. The Balaban J connectivity index is 0.00000480. The van der Waals surface area contributed by atoms with Gasteiger partial charge in [0.25, 0.3) is 0 Å². The summed E-state index contributed by atoms with van der Waals surface area (Å²) in [5, 5.41) is 0. The van der Waals surface area contributed by atoms with Crippen LogP contribution in [0.5, 0.6) is 0 Å². The predicted molar refractivity (Wildman–Crippen MR) is 147 cm³/mol. The van der Waals surface area contributed by atoms with Crippen LogP contribution in [0, 0.1) is 0 Å². The third kappa shape index (κ3) is 9.69. The van der Waals surface area contributed by atoms with Crippen molar-refractivity contribution >= 4 is 48.3 Å². The third-order valence-corrected chi connectivity index (χ3v) is 24.4. The zero-order valence-electron chi connectivity index (χ0n) is 21.2. The van der Waals surface area contributed by atoms with E-state index in [2.05, 4.69) is 79.7 Å². The molecule has 0 aromatic heterocycles. The van der Waals surface area contributed by atoms with Crippen LogP contribution < -0.4 is 0 Å². The fraction of sp³-hybridized carbons (Fsp3) is 0.636. The van der Waals surface area contributed by atoms with Gasteiger partial charge in [0.2, 0.25) is 0 Å². The smallest absolute Gasteiger partial charge is 0.147 e. The van der Waals surface area contributed by atoms with Gasteiger partial charge >= 0.3 is 189 Å². The summed E-state index contributed by atoms with van der Waals surface area (Å²) in [6.45, 7) is 18.1. The Kier molecular flexibility index (Phi) is 12.8. The molecular weight excluding hydrogens is 575 g/mol. The number of rotatable bonds is 12. The summed E-state index contributed by atoms with van der Waals surface area (Å²) in [5.74, 6) is 2.17. The van der Waals surface area contributed by atoms with Gasteiger partial charge in [0.15, 0.2) is 0 Å². The monoisotopic (exact) mass is 616 g/mol. The summed E-state index contributed by atoms with van der Waals surface area (Å²) in [6.07, 6.45) is 10.9. The predicted octanol–water partition coefficient (Wildman–Crippen LogP) is 6.24. The van der Waals surface area contributed by atoms with Crippen molar-refractivity contribution in [1.29, 1.82) is 0 Å². The fourth-order valence-electron chi connectivity index (χ4n) is 3.87. The van der Waals surface area contributed by atoms with Gasteiger partial charge in [0.05, 0.1) is 0 Å². The van der Waals surface area contributed by atoms with Crippen molar-refractivity contribution in [2.45, 2.75) is 61.4 Å². The molecule has 0 aromatic carbocycles. The van der Waals surface area contributed by atoms with E-state index in [1.807, 2.05) is 0 Å². The second-order valence-electron chi connectivity index (χ2n) is 11.2. The summed E-state index contributed by atoms with van der Waals surface area (Å²) in [6, 6.07) is 0. The number of ether oxygens (including phenoxy) is 2. The molecule has 0 unspecified atom stereocenters. The summed E-state index contributed by atoms with van der Waals surface area (Å²) in [4.78, 5) is 0. The molecule has 0 fully saturated rings. The second-order valence-corrected chi connectivity index (χ2v) is 48.9. The molecule has 0 saturated carbocycles. The minimum Gasteiger partial charge on any atom is -0.147 e. The van der Waals surface area contributed by atoms with Gasteiger partial charge in [0, 0.05) is 0 Å². The Hall–Kier alpha value is 0.594. The summed E-state index contributed by atoms with van der Waals surface area (Å²) >= 11 is -3.36. The van der Waals surface area contributed by atoms with Crippen LogP contribution in [0.2, 0.25) is 48.5 Å². The molecule has 10 heteroatoms. The van der Waals surface area contributed by atoms with Crippen LogP contribution in [0.25, 0.3) is 0 Å². The van der Waals surface area contributed by atoms with E-state index in [-0.39, 0.29) is 24.8 Å². The van der Waals surface area contributed by atoms with E-state index >= 15 is 0 Å². The first kappa shape index (κ1) is 32.6. The molecule has 0 aromatic rings. The van der Waals surface area contributed by atoms with Crippen LogP contribution in [0.4, 0.5) is 0 Å². The van der Waals surface area contributed by atoms with Gasteiger partial charge in [-0.15, -0.1) is 24.8 Å². The van der Waals surface area contributed by atoms with Crippen LogP contribution in [-0.4, -0.2) is 49.9 Å². The molecule has 0 heterocycles. The van der Waals surface area contributed by atoms with Gasteiger partial charge in [-0.1, -0.05) is 0 Å². The van der Waals surface area contributed by atoms with Crippen molar-refractivity contribution < 1.29 is 35.7 Å². The number of halogens is 2. The van der Waals surface area contributed by atoms with Crippen molar-refractivity contribution in [3.63, 3.8) is 0 Å². The summed E-state index contributed by atoms with van der Waals surface area (Å²) < 4.78 is 32.5. The number of hydrogen-bond acceptors (Lipinski definition) is 4. The van der Waals surface area contributed by atoms with Gasteiger partial charge in [-0.25, -0.2) is 0 Å². The Morgan fingerprint density at radius 3 is 1.38 bits per heavy atom. The fourth-order valence-corrected chi connectivity index (χ4v) is 18.4. The second kappa shape index (κ2) is 12.5. The number of allylic oxidation sites excluding steroid dienone is 6. The number of hydrogen-bond donors (Lipinski definition) is 0. The van der Waals surface area contributed by atoms with Crippen LogP contribution >= 0.6 is 24.8 Å². The van der Waals surface area contributed by atoms with E-state index in [1.165, 1.54) is 6.56 Å². The third-order valence-electron chi connectivity index (χ3n) is 5.46. The maximum Gasteiger partial charge on any atom is -0.147 e. The molecular formula is C22H44Cl2O4Si3Zr. The van der Waals surface area contributed by atoms with E-state index in [1.54, 1.807) is 0 Å². The molecule has 4 nitrogen and oxygen atoms in total. The summed E-state index contributed by atoms with van der Waals surface area (Å²) in [5.41, 5.74) is 0. The zero-order valence-corrected chi connectivity index (χ0v) is 28.7. The van der Waals surface area contributed by atoms with Gasteiger partial charge in [-0.2, -0.15) is 0 Å². The normalized spacial score (nSPS) is 16.9. The van der Waals surface area contributed by atoms with Crippen molar-refractivity contribution in [2.24, 2.45) is 0 Å². The molecule has 2 rings (SSSR count). The molecule has 2 aliphatic rings. The quantitative estimate of drug-likeness (QED) is 0.192. The van der Waals surface area contributed by atoms with E-state index in [0.717, 1.165) is 24.4 Å². The van der Waals surface area contributed by atoms with Gasteiger partial charge in [-0.3, -0.25) is 0 Å². The Morgan fingerprint density at radius 2 is 1.06 bits per heavy atom. The van der Waals surface area contributed by atoms with Gasteiger partial charge < -0.3 is 0 Å². The average Bonchev–Trinajstić information content (AvgIpc) is 3.23. The van der Waals surface area contributed by atoms with Crippen LogP contribution in [0.15, 0.2) is 42.4 Å². The maximum atomic E-state index is 6.24. The molecule has 0 spiro atoms. The Morgan fingerprint density at radius 1 is 0.719 bits per heavy atom. The first-order valence-electron chi connectivity index (χ1n) is 11.1. The molecule has 0 amide bonds. The average molecular weight is 619 g/mol.